The van der Waals surface area contributed by atoms with Crippen LogP contribution in [0, 0.1) is 0 Å². The molecule has 0 amide bonds. The molecule has 0 aliphatic rings. The van der Waals surface area contributed by atoms with Gasteiger partial charge >= 0.3 is 0 Å². The van der Waals surface area contributed by atoms with Gasteiger partial charge < -0.3 is 10.1 Å². The first-order chi connectivity index (χ1) is 8.34. The molecule has 0 radical (unpaired) electrons. The average Bonchev–Trinajstić information content (AvgIpc) is 2.82. The fourth-order valence-corrected chi connectivity index (χ4v) is 1.97. The van der Waals surface area contributed by atoms with Crippen LogP contribution in [0.4, 0.5) is 0 Å². The molecule has 2 aromatic heterocycles. The summed E-state index contributed by atoms with van der Waals surface area (Å²) in [5.74, 6) is 0. The molecule has 84 valence electrons. The summed E-state index contributed by atoms with van der Waals surface area (Å²) in [6, 6.07) is 13.6. The Morgan fingerprint density at radius 3 is 2.59 bits per heavy atom. The van der Waals surface area contributed by atoms with Crippen molar-refractivity contribution < 1.29 is 5.11 Å². The lowest BCUT2D eigenvalue weighted by Gasteiger charge is -2.07. The van der Waals surface area contributed by atoms with E-state index in [0.717, 1.165) is 22.2 Å². The van der Waals surface area contributed by atoms with Crippen molar-refractivity contribution in [3.63, 3.8) is 0 Å². The highest BCUT2D eigenvalue weighted by molar-refractivity contribution is 5.80. The topological polar surface area (TPSA) is 48.9 Å². The molecule has 3 heteroatoms. The zero-order chi connectivity index (χ0) is 11.7. The minimum absolute atomic E-state index is 0.634. The molecule has 0 bridgehead atoms. The number of rotatable bonds is 2. The summed E-state index contributed by atoms with van der Waals surface area (Å²) >= 11 is 0. The maximum atomic E-state index is 10.2. The highest BCUT2D eigenvalue weighted by atomic mass is 16.3. The predicted molar refractivity (Wildman–Crippen MR) is 66.6 cm³/mol. The smallest absolute Gasteiger partial charge is 0.119 e. The molecule has 0 fully saturated rings. The van der Waals surface area contributed by atoms with Crippen molar-refractivity contribution in [3.05, 3.63) is 66.1 Å². The number of aliphatic hydroxyl groups is 1. The third-order valence-electron chi connectivity index (χ3n) is 2.87. The number of nitrogens with one attached hydrogen (secondary N) is 1. The highest BCUT2D eigenvalue weighted by Crippen LogP contribution is 2.24. The van der Waals surface area contributed by atoms with Gasteiger partial charge in [-0.1, -0.05) is 18.2 Å². The van der Waals surface area contributed by atoms with Crippen LogP contribution >= 0.6 is 0 Å². The molecule has 1 atom stereocenters. The molecule has 0 aliphatic heterocycles. The van der Waals surface area contributed by atoms with Crippen LogP contribution in [-0.4, -0.2) is 15.1 Å². The van der Waals surface area contributed by atoms with E-state index in [1.165, 1.54) is 0 Å². The molecule has 2 heterocycles. The van der Waals surface area contributed by atoms with Gasteiger partial charge in [-0.15, -0.1) is 0 Å². The maximum Gasteiger partial charge on any atom is 0.119 e. The van der Waals surface area contributed by atoms with Gasteiger partial charge in [0.1, 0.15) is 6.10 Å². The van der Waals surface area contributed by atoms with Crippen LogP contribution in [0.2, 0.25) is 0 Å². The van der Waals surface area contributed by atoms with Gasteiger partial charge in [-0.05, 0) is 35.2 Å². The van der Waals surface area contributed by atoms with Crippen molar-refractivity contribution in [1.29, 1.82) is 0 Å². The standard InChI is InChI=1S/C14H12N2O/c17-14(10-5-7-15-8-6-10)13-9-11-3-1-2-4-12(11)16-13/h1-9,14,16-17H/t14-/m1/s1. The van der Waals surface area contributed by atoms with E-state index < -0.39 is 6.10 Å². The summed E-state index contributed by atoms with van der Waals surface area (Å²) in [6.07, 6.45) is 2.73. The van der Waals surface area contributed by atoms with Crippen molar-refractivity contribution in [2.45, 2.75) is 6.10 Å². The van der Waals surface area contributed by atoms with Gasteiger partial charge in [0.25, 0.3) is 0 Å². The number of benzene rings is 1. The number of aromatic nitrogens is 2. The molecule has 17 heavy (non-hydrogen) atoms. The number of hydrogen-bond acceptors (Lipinski definition) is 2. The Morgan fingerprint density at radius 1 is 1.06 bits per heavy atom. The van der Waals surface area contributed by atoms with Gasteiger partial charge in [-0.2, -0.15) is 0 Å². The highest BCUT2D eigenvalue weighted by Gasteiger charge is 2.12. The Kier molecular flexibility index (Phi) is 2.38. The molecular weight excluding hydrogens is 212 g/mol. The summed E-state index contributed by atoms with van der Waals surface area (Å²) in [7, 11) is 0. The Hall–Kier alpha value is -2.13. The first-order valence-corrected chi connectivity index (χ1v) is 5.50. The van der Waals surface area contributed by atoms with Crippen LogP contribution in [0.5, 0.6) is 0 Å². The van der Waals surface area contributed by atoms with E-state index in [2.05, 4.69) is 9.97 Å². The lowest BCUT2D eigenvalue weighted by atomic mass is 10.1. The van der Waals surface area contributed by atoms with Crippen LogP contribution in [0.25, 0.3) is 10.9 Å². The number of H-pyrrole nitrogens is 1. The molecule has 2 N–H and O–H groups in total. The van der Waals surface area contributed by atoms with E-state index in [1.54, 1.807) is 12.4 Å². The molecular formula is C14H12N2O. The Morgan fingerprint density at radius 2 is 1.82 bits per heavy atom. The van der Waals surface area contributed by atoms with E-state index in [1.807, 2.05) is 42.5 Å². The summed E-state index contributed by atoms with van der Waals surface area (Å²) in [5.41, 5.74) is 2.68. The Balaban J connectivity index is 2.04. The monoisotopic (exact) mass is 224 g/mol. The largest absolute Gasteiger partial charge is 0.382 e. The third-order valence-corrected chi connectivity index (χ3v) is 2.87. The third kappa shape index (κ3) is 1.81. The van der Waals surface area contributed by atoms with Crippen molar-refractivity contribution in [3.8, 4) is 0 Å². The van der Waals surface area contributed by atoms with Gasteiger partial charge in [-0.25, -0.2) is 0 Å². The molecule has 3 aromatic rings. The second-order valence-corrected chi connectivity index (χ2v) is 4.00. The van der Waals surface area contributed by atoms with Crippen molar-refractivity contribution in [1.82, 2.24) is 9.97 Å². The fraction of sp³-hybridized carbons (Fsp3) is 0.0714. The Bertz CT molecular complexity index is 598. The van der Waals surface area contributed by atoms with Crippen LogP contribution in [-0.2, 0) is 0 Å². The van der Waals surface area contributed by atoms with Gasteiger partial charge in [0.05, 0.1) is 0 Å². The van der Waals surface area contributed by atoms with E-state index >= 15 is 0 Å². The fourth-order valence-electron chi connectivity index (χ4n) is 1.97. The first-order valence-electron chi connectivity index (χ1n) is 5.50. The van der Waals surface area contributed by atoms with Crippen LogP contribution in [0.15, 0.2) is 54.9 Å². The number of fused-ring (bicyclic) bond motifs is 1. The van der Waals surface area contributed by atoms with Crippen LogP contribution < -0.4 is 0 Å². The number of nitrogens with zero attached hydrogens (tertiary/aromatic N) is 1. The Labute approximate surface area is 98.8 Å². The zero-order valence-electron chi connectivity index (χ0n) is 9.17. The number of aliphatic hydroxyl groups excluding tert-OH is 1. The summed E-state index contributed by atoms with van der Waals surface area (Å²) < 4.78 is 0. The summed E-state index contributed by atoms with van der Waals surface area (Å²) in [5, 5.41) is 11.3. The van der Waals surface area contributed by atoms with Crippen molar-refractivity contribution in [2.75, 3.05) is 0 Å². The lowest BCUT2D eigenvalue weighted by molar-refractivity contribution is 0.216. The van der Waals surface area contributed by atoms with Crippen molar-refractivity contribution in [2.24, 2.45) is 0 Å². The number of aromatic amines is 1. The van der Waals surface area contributed by atoms with E-state index in [0.29, 0.717) is 0 Å². The normalized spacial score (nSPS) is 12.8. The lowest BCUT2D eigenvalue weighted by Crippen LogP contribution is -1.99. The second-order valence-electron chi connectivity index (χ2n) is 4.00. The van der Waals surface area contributed by atoms with Gasteiger partial charge in [-0.3, -0.25) is 4.98 Å². The quantitative estimate of drug-likeness (QED) is 0.703. The molecule has 0 saturated heterocycles. The minimum atomic E-state index is -0.634. The zero-order valence-corrected chi connectivity index (χ0v) is 9.17. The van der Waals surface area contributed by atoms with Crippen LogP contribution in [0.1, 0.15) is 17.4 Å². The molecule has 0 unspecified atom stereocenters. The number of para-hydroxylation sites is 1. The minimum Gasteiger partial charge on any atom is -0.382 e. The van der Waals surface area contributed by atoms with Gasteiger partial charge in [0.15, 0.2) is 0 Å². The molecule has 0 saturated carbocycles. The molecule has 3 nitrogen and oxygen atoms in total. The molecule has 1 aromatic carbocycles. The molecule has 0 spiro atoms. The van der Waals surface area contributed by atoms with E-state index in [9.17, 15) is 5.11 Å². The number of pyridine rings is 1. The second kappa shape index (κ2) is 4.03. The SMILES string of the molecule is O[C@H](c1ccncc1)c1cc2ccccc2[nH]1. The first kappa shape index (κ1) is 10.1. The van der Waals surface area contributed by atoms with Gasteiger partial charge in [0.2, 0.25) is 0 Å². The van der Waals surface area contributed by atoms with Crippen molar-refractivity contribution >= 4 is 10.9 Å². The molecule has 0 aliphatic carbocycles. The van der Waals surface area contributed by atoms with Crippen LogP contribution in [0.3, 0.4) is 0 Å². The summed E-state index contributed by atoms with van der Waals surface area (Å²) in [4.78, 5) is 7.17. The van der Waals surface area contributed by atoms with E-state index in [-0.39, 0.29) is 0 Å². The van der Waals surface area contributed by atoms with E-state index in [4.69, 9.17) is 0 Å². The maximum absolute atomic E-state index is 10.2. The number of hydrogen-bond donors (Lipinski definition) is 2. The van der Waals surface area contributed by atoms with Gasteiger partial charge in [0, 0.05) is 23.6 Å². The molecule has 3 rings (SSSR count). The average molecular weight is 224 g/mol. The summed E-state index contributed by atoms with van der Waals surface area (Å²) in [6.45, 7) is 0. The predicted octanol–water partition coefficient (Wildman–Crippen LogP) is 2.64.